The zero-order chi connectivity index (χ0) is 18.2. The van der Waals surface area contributed by atoms with Crippen LogP contribution in [-0.2, 0) is 9.59 Å². The van der Waals surface area contributed by atoms with Gasteiger partial charge in [-0.3, -0.25) is 20.4 Å². The maximum absolute atomic E-state index is 13.5. The smallest absolute Gasteiger partial charge is 0.279 e. The highest BCUT2D eigenvalue weighted by molar-refractivity contribution is 8.00. The molecule has 132 valence electrons. The number of amides is 2. The molecule has 0 spiro atoms. The zero-order valence-electron chi connectivity index (χ0n) is 13.9. The van der Waals surface area contributed by atoms with Crippen LogP contribution in [0.15, 0.2) is 53.4 Å². The fourth-order valence-corrected chi connectivity index (χ4v) is 2.74. The van der Waals surface area contributed by atoms with Crippen molar-refractivity contribution in [1.82, 2.24) is 10.9 Å². The van der Waals surface area contributed by atoms with E-state index < -0.39 is 17.8 Å². The molecule has 5 nitrogen and oxygen atoms in total. The lowest BCUT2D eigenvalue weighted by Gasteiger charge is -2.15. The summed E-state index contributed by atoms with van der Waals surface area (Å²) < 4.78 is 18.7. The van der Waals surface area contributed by atoms with Gasteiger partial charge in [-0.2, -0.15) is 0 Å². The van der Waals surface area contributed by atoms with Crippen molar-refractivity contribution in [2.75, 3.05) is 5.75 Å². The van der Waals surface area contributed by atoms with Gasteiger partial charge in [-0.1, -0.05) is 30.3 Å². The summed E-state index contributed by atoms with van der Waals surface area (Å²) in [7, 11) is 0. The number of hydrogen-bond acceptors (Lipinski definition) is 4. The van der Waals surface area contributed by atoms with Crippen molar-refractivity contribution in [1.29, 1.82) is 0 Å². The van der Waals surface area contributed by atoms with E-state index in [0.29, 0.717) is 0 Å². The van der Waals surface area contributed by atoms with Crippen LogP contribution in [0.25, 0.3) is 0 Å². The molecule has 2 aromatic rings. The van der Waals surface area contributed by atoms with Crippen molar-refractivity contribution in [3.05, 3.63) is 59.9 Å². The number of carbonyl (C=O) groups is 2. The molecule has 2 aromatic carbocycles. The number of hydrogen-bond donors (Lipinski definition) is 2. The molecule has 0 radical (unpaired) electrons. The number of aryl methyl sites for hydroxylation is 1. The standard InChI is InChI=1S/C18H19FN2O3S/c1-12-7-3-6-10-16(12)25-11-17(22)20-21-18(23)13(2)24-15-9-5-4-8-14(15)19/h3-10,13H,11H2,1-2H3,(H,20,22)(H,21,23)/t13-/m0/s1. The predicted molar refractivity (Wildman–Crippen MR) is 94.7 cm³/mol. The third-order valence-electron chi connectivity index (χ3n) is 3.29. The van der Waals surface area contributed by atoms with Crippen molar-refractivity contribution < 1.29 is 18.7 Å². The second-order valence-corrected chi connectivity index (χ2v) is 6.30. The summed E-state index contributed by atoms with van der Waals surface area (Å²) >= 11 is 1.38. The molecule has 2 rings (SSSR count). The molecule has 7 heteroatoms. The molecule has 0 aliphatic rings. The van der Waals surface area contributed by atoms with Crippen LogP contribution in [0.3, 0.4) is 0 Å². The van der Waals surface area contributed by atoms with Gasteiger partial charge in [-0.05, 0) is 37.6 Å². The minimum atomic E-state index is -0.957. The minimum absolute atomic E-state index is 0.0217. The third-order valence-corrected chi connectivity index (χ3v) is 4.46. The molecule has 0 aliphatic heterocycles. The lowest BCUT2D eigenvalue weighted by atomic mass is 10.2. The Hall–Kier alpha value is -2.54. The van der Waals surface area contributed by atoms with Gasteiger partial charge in [0, 0.05) is 4.90 Å². The van der Waals surface area contributed by atoms with Gasteiger partial charge in [0.15, 0.2) is 17.7 Å². The first-order valence-electron chi connectivity index (χ1n) is 7.65. The van der Waals surface area contributed by atoms with Crippen molar-refractivity contribution in [2.24, 2.45) is 0 Å². The van der Waals surface area contributed by atoms with Crippen LogP contribution < -0.4 is 15.6 Å². The van der Waals surface area contributed by atoms with E-state index in [9.17, 15) is 14.0 Å². The molecule has 25 heavy (non-hydrogen) atoms. The van der Waals surface area contributed by atoms with E-state index in [1.165, 1.54) is 36.9 Å². The average Bonchev–Trinajstić information content (AvgIpc) is 2.60. The van der Waals surface area contributed by atoms with E-state index in [2.05, 4.69) is 10.9 Å². The van der Waals surface area contributed by atoms with E-state index in [-0.39, 0.29) is 17.4 Å². The van der Waals surface area contributed by atoms with Crippen molar-refractivity contribution in [3.8, 4) is 5.75 Å². The zero-order valence-corrected chi connectivity index (χ0v) is 14.7. The predicted octanol–water partition coefficient (Wildman–Crippen LogP) is 2.84. The fraction of sp³-hybridized carbons (Fsp3) is 0.222. The van der Waals surface area contributed by atoms with Gasteiger partial charge < -0.3 is 4.74 Å². The molecule has 0 fully saturated rings. The van der Waals surface area contributed by atoms with Crippen LogP contribution >= 0.6 is 11.8 Å². The van der Waals surface area contributed by atoms with Crippen LogP contribution in [0.4, 0.5) is 4.39 Å². The van der Waals surface area contributed by atoms with Crippen LogP contribution in [0.1, 0.15) is 12.5 Å². The Bertz CT molecular complexity index is 755. The number of halogens is 1. The quantitative estimate of drug-likeness (QED) is 0.613. The SMILES string of the molecule is Cc1ccccc1SCC(=O)NNC(=O)[C@H](C)Oc1ccccc1F. The first-order chi connectivity index (χ1) is 12.0. The monoisotopic (exact) mass is 362 g/mol. The second kappa shape index (κ2) is 9.08. The number of benzene rings is 2. The molecule has 0 saturated heterocycles. The Morgan fingerprint density at radius 2 is 1.80 bits per heavy atom. The number of ether oxygens (including phenoxy) is 1. The Morgan fingerprint density at radius 1 is 1.12 bits per heavy atom. The highest BCUT2D eigenvalue weighted by Gasteiger charge is 2.17. The molecule has 2 N–H and O–H groups in total. The van der Waals surface area contributed by atoms with Gasteiger partial charge in [-0.15, -0.1) is 11.8 Å². The summed E-state index contributed by atoms with van der Waals surface area (Å²) in [6.45, 7) is 3.43. The largest absolute Gasteiger partial charge is 0.478 e. The maximum Gasteiger partial charge on any atom is 0.279 e. The maximum atomic E-state index is 13.5. The fourth-order valence-electron chi connectivity index (χ4n) is 1.91. The number of hydrazine groups is 1. The molecule has 0 saturated carbocycles. The number of para-hydroxylation sites is 1. The number of nitrogens with one attached hydrogen (secondary N) is 2. The van der Waals surface area contributed by atoms with Crippen LogP contribution in [0.2, 0.25) is 0 Å². The minimum Gasteiger partial charge on any atom is -0.478 e. The van der Waals surface area contributed by atoms with Crippen LogP contribution in [0, 0.1) is 12.7 Å². The first kappa shape index (κ1) is 18.8. The Kier molecular flexibility index (Phi) is 6.82. The first-order valence-corrected chi connectivity index (χ1v) is 8.64. The highest BCUT2D eigenvalue weighted by Crippen LogP contribution is 2.21. The average molecular weight is 362 g/mol. The Morgan fingerprint density at radius 3 is 2.52 bits per heavy atom. The Labute approximate surface area is 149 Å². The summed E-state index contributed by atoms with van der Waals surface area (Å²) in [6, 6.07) is 13.5. The van der Waals surface area contributed by atoms with E-state index >= 15 is 0 Å². The van der Waals surface area contributed by atoms with E-state index in [0.717, 1.165) is 10.5 Å². The molecular formula is C18H19FN2O3S. The number of rotatable bonds is 6. The summed E-state index contributed by atoms with van der Waals surface area (Å²) in [6.07, 6.45) is -0.957. The van der Waals surface area contributed by atoms with Gasteiger partial charge in [-0.25, -0.2) is 4.39 Å². The summed E-state index contributed by atoms with van der Waals surface area (Å²) in [5.41, 5.74) is 5.67. The highest BCUT2D eigenvalue weighted by atomic mass is 32.2. The molecule has 1 atom stereocenters. The molecule has 0 unspecified atom stereocenters. The van der Waals surface area contributed by atoms with E-state index in [4.69, 9.17) is 4.74 Å². The summed E-state index contributed by atoms with van der Waals surface area (Å²) in [5, 5.41) is 0. The van der Waals surface area contributed by atoms with Crippen LogP contribution in [0.5, 0.6) is 5.75 Å². The lowest BCUT2D eigenvalue weighted by molar-refractivity contribution is -0.132. The van der Waals surface area contributed by atoms with Gasteiger partial charge in [0.05, 0.1) is 5.75 Å². The summed E-state index contributed by atoms with van der Waals surface area (Å²) in [5.74, 6) is -1.34. The van der Waals surface area contributed by atoms with Gasteiger partial charge in [0.1, 0.15) is 0 Å². The third kappa shape index (κ3) is 5.79. The number of thioether (sulfide) groups is 1. The molecule has 0 aromatic heterocycles. The molecule has 0 heterocycles. The number of carbonyl (C=O) groups excluding carboxylic acids is 2. The molecule has 0 bridgehead atoms. The molecular weight excluding hydrogens is 343 g/mol. The molecule has 2 amide bonds. The van der Waals surface area contributed by atoms with Crippen molar-refractivity contribution in [3.63, 3.8) is 0 Å². The van der Waals surface area contributed by atoms with Gasteiger partial charge in [0.2, 0.25) is 5.91 Å². The van der Waals surface area contributed by atoms with Crippen molar-refractivity contribution >= 4 is 23.6 Å². The van der Waals surface area contributed by atoms with E-state index in [1.54, 1.807) is 6.07 Å². The lowest BCUT2D eigenvalue weighted by Crippen LogP contribution is -2.47. The summed E-state index contributed by atoms with van der Waals surface area (Å²) in [4.78, 5) is 24.7. The van der Waals surface area contributed by atoms with Crippen molar-refractivity contribution in [2.45, 2.75) is 24.8 Å². The van der Waals surface area contributed by atoms with Crippen LogP contribution in [-0.4, -0.2) is 23.7 Å². The normalized spacial score (nSPS) is 11.5. The molecule has 0 aliphatic carbocycles. The van der Waals surface area contributed by atoms with Gasteiger partial charge >= 0.3 is 0 Å². The van der Waals surface area contributed by atoms with Gasteiger partial charge in [0.25, 0.3) is 5.91 Å². The topological polar surface area (TPSA) is 67.4 Å². The van der Waals surface area contributed by atoms with E-state index in [1.807, 2.05) is 31.2 Å². The Balaban J connectivity index is 1.76. The second-order valence-electron chi connectivity index (χ2n) is 5.28.